The van der Waals surface area contributed by atoms with Crippen LogP contribution in [0.4, 0.5) is 0 Å². The number of esters is 1. The zero-order chi connectivity index (χ0) is 22.7. The van der Waals surface area contributed by atoms with E-state index in [-0.39, 0.29) is 12.0 Å². The summed E-state index contributed by atoms with van der Waals surface area (Å²) in [7, 11) is 0. The van der Waals surface area contributed by atoms with E-state index in [4.69, 9.17) is 4.74 Å². The van der Waals surface area contributed by atoms with Gasteiger partial charge < -0.3 is 14.3 Å². The Hall–Kier alpha value is -2.17. The lowest BCUT2D eigenvalue weighted by atomic mass is 9.73. The number of fused-ring (bicyclic) bond motifs is 3. The summed E-state index contributed by atoms with van der Waals surface area (Å²) in [5.41, 5.74) is 0.529. The molecule has 33 heavy (non-hydrogen) atoms. The third-order valence-electron chi connectivity index (χ3n) is 8.74. The number of nitrogens with zero attached hydrogens (tertiary/aromatic N) is 1. The molecule has 3 aliphatic heterocycles. The van der Waals surface area contributed by atoms with Crippen molar-refractivity contribution in [2.75, 3.05) is 26.2 Å². The van der Waals surface area contributed by atoms with Gasteiger partial charge in [0.2, 0.25) is 0 Å². The Labute approximate surface area is 198 Å². The van der Waals surface area contributed by atoms with E-state index >= 15 is 0 Å². The number of aliphatic hydroxyl groups is 1. The quantitative estimate of drug-likeness (QED) is 0.487. The normalized spacial score (nSPS) is 29.4. The van der Waals surface area contributed by atoms with Gasteiger partial charge in [0.15, 0.2) is 11.7 Å². The minimum Gasteiger partial charge on any atom is -0.454 e. The summed E-state index contributed by atoms with van der Waals surface area (Å²) < 4.78 is 7.31. The molecule has 0 unspecified atom stereocenters. The molecule has 2 atom stereocenters. The molecule has 3 heterocycles. The summed E-state index contributed by atoms with van der Waals surface area (Å²) in [6.07, 6.45) is 8.27. The predicted octanol–water partition coefficient (Wildman–Crippen LogP) is 4.85. The van der Waals surface area contributed by atoms with Crippen molar-refractivity contribution in [2.45, 2.75) is 63.1 Å². The number of carbonyl (C=O) groups is 1. The SMILES string of the molecule is O=C(O[C@H]1C[N+]2(CCc3ccccc3)CCC1CC2)[C@](O)(c1ccccc1)C1CCCCC1. The van der Waals surface area contributed by atoms with Gasteiger partial charge in [-0.1, -0.05) is 79.9 Å². The average molecular weight is 449 g/mol. The highest BCUT2D eigenvalue weighted by atomic mass is 16.6. The Morgan fingerprint density at radius 1 is 0.909 bits per heavy atom. The molecular weight excluding hydrogens is 410 g/mol. The molecule has 4 nitrogen and oxygen atoms in total. The van der Waals surface area contributed by atoms with Gasteiger partial charge in [-0.25, -0.2) is 4.79 Å². The Kier molecular flexibility index (Phi) is 6.58. The number of hydrogen-bond acceptors (Lipinski definition) is 3. The van der Waals surface area contributed by atoms with Crippen LogP contribution >= 0.6 is 0 Å². The predicted molar refractivity (Wildman–Crippen MR) is 129 cm³/mol. The summed E-state index contributed by atoms with van der Waals surface area (Å²) in [4.78, 5) is 13.7. The number of rotatable bonds is 7. The Balaban J connectivity index is 1.32. The first kappa shape index (κ1) is 22.6. The number of piperidine rings is 3. The maximum atomic E-state index is 13.7. The molecule has 2 aromatic rings. The molecule has 2 aromatic carbocycles. The molecule has 176 valence electrons. The fourth-order valence-electron chi connectivity index (χ4n) is 6.64. The molecule has 0 amide bonds. The van der Waals surface area contributed by atoms with E-state index < -0.39 is 11.6 Å². The highest BCUT2D eigenvalue weighted by Gasteiger charge is 2.52. The van der Waals surface area contributed by atoms with E-state index in [1.54, 1.807) is 0 Å². The van der Waals surface area contributed by atoms with Crippen LogP contribution in [0, 0.1) is 11.8 Å². The zero-order valence-electron chi connectivity index (χ0n) is 19.7. The molecule has 4 fully saturated rings. The Morgan fingerprint density at radius 3 is 2.21 bits per heavy atom. The van der Waals surface area contributed by atoms with Crippen LogP contribution in [-0.2, 0) is 21.6 Å². The molecule has 0 spiro atoms. The van der Waals surface area contributed by atoms with Gasteiger partial charge in [0.05, 0.1) is 19.6 Å². The maximum Gasteiger partial charge on any atom is 0.343 e. The number of hydrogen-bond donors (Lipinski definition) is 1. The number of benzene rings is 2. The van der Waals surface area contributed by atoms with Gasteiger partial charge in [-0.2, -0.15) is 0 Å². The Morgan fingerprint density at radius 2 is 1.55 bits per heavy atom. The monoisotopic (exact) mass is 448 g/mol. The molecule has 0 aromatic heterocycles. The molecule has 1 N–H and O–H groups in total. The second kappa shape index (κ2) is 9.60. The third kappa shape index (κ3) is 4.61. The fourth-order valence-corrected chi connectivity index (χ4v) is 6.64. The summed E-state index contributed by atoms with van der Waals surface area (Å²) in [5, 5.41) is 11.9. The van der Waals surface area contributed by atoms with Gasteiger partial charge in [0.25, 0.3) is 0 Å². The van der Waals surface area contributed by atoms with E-state index in [9.17, 15) is 9.90 Å². The van der Waals surface area contributed by atoms with Crippen molar-refractivity contribution in [1.29, 1.82) is 0 Å². The summed E-state index contributed by atoms with van der Waals surface area (Å²) >= 11 is 0. The van der Waals surface area contributed by atoms with Gasteiger partial charge in [-0.05, 0) is 24.0 Å². The minimum absolute atomic E-state index is 0.0662. The maximum absolute atomic E-state index is 13.7. The lowest BCUT2D eigenvalue weighted by Crippen LogP contribution is -2.65. The van der Waals surface area contributed by atoms with Crippen LogP contribution in [0.1, 0.15) is 56.1 Å². The molecule has 1 saturated carbocycles. The van der Waals surface area contributed by atoms with Gasteiger partial charge in [-0.15, -0.1) is 0 Å². The van der Waals surface area contributed by atoms with E-state index in [0.717, 1.165) is 62.5 Å². The first-order valence-corrected chi connectivity index (χ1v) is 13.0. The standard InChI is InChI=1S/C29H38NO3/c31-28(29(32,25-12-6-2-7-13-25)26-14-8-3-9-15-26)33-27-22-30(20-17-24(27)18-21-30)19-16-23-10-4-1-5-11-23/h1-2,4-7,10-13,24,26-27,32H,3,8-9,14-22H2/q+1/t24?,27-,29-,30?/m0/s1. The van der Waals surface area contributed by atoms with Crippen LogP contribution in [-0.4, -0.2) is 47.8 Å². The summed E-state index contributed by atoms with van der Waals surface area (Å²) in [6, 6.07) is 20.2. The molecule has 2 bridgehead atoms. The number of carbonyl (C=O) groups excluding carboxylic acids is 1. The van der Waals surface area contributed by atoms with Gasteiger partial charge in [-0.3, -0.25) is 0 Å². The van der Waals surface area contributed by atoms with E-state index in [0.29, 0.717) is 11.5 Å². The lowest BCUT2D eigenvalue weighted by Gasteiger charge is -2.52. The minimum atomic E-state index is -1.54. The largest absolute Gasteiger partial charge is 0.454 e. The number of ether oxygens (including phenoxy) is 1. The topological polar surface area (TPSA) is 46.5 Å². The van der Waals surface area contributed by atoms with E-state index in [1.807, 2.05) is 30.3 Å². The summed E-state index contributed by atoms with van der Waals surface area (Å²) in [5.74, 6) is -0.0546. The van der Waals surface area contributed by atoms with Gasteiger partial charge in [0, 0.05) is 31.1 Å². The fraction of sp³-hybridized carbons (Fsp3) is 0.552. The molecule has 0 radical (unpaired) electrons. The van der Waals surface area contributed by atoms with Crippen LogP contribution in [0.15, 0.2) is 60.7 Å². The smallest absolute Gasteiger partial charge is 0.343 e. The third-order valence-corrected chi connectivity index (χ3v) is 8.74. The van der Waals surface area contributed by atoms with Crippen LogP contribution in [0.5, 0.6) is 0 Å². The van der Waals surface area contributed by atoms with E-state index in [1.165, 1.54) is 25.1 Å². The molecule has 4 heteroatoms. The van der Waals surface area contributed by atoms with Crippen LogP contribution in [0.3, 0.4) is 0 Å². The van der Waals surface area contributed by atoms with Crippen molar-refractivity contribution in [2.24, 2.45) is 11.8 Å². The zero-order valence-corrected chi connectivity index (χ0v) is 19.7. The van der Waals surface area contributed by atoms with Crippen molar-refractivity contribution in [3.8, 4) is 0 Å². The first-order chi connectivity index (χ1) is 16.1. The van der Waals surface area contributed by atoms with E-state index in [2.05, 4.69) is 30.3 Å². The van der Waals surface area contributed by atoms with Gasteiger partial charge >= 0.3 is 5.97 Å². The highest BCUT2D eigenvalue weighted by molar-refractivity contribution is 5.81. The molecule has 4 aliphatic rings. The van der Waals surface area contributed by atoms with Crippen LogP contribution in [0.2, 0.25) is 0 Å². The van der Waals surface area contributed by atoms with Crippen LogP contribution < -0.4 is 0 Å². The molecule has 1 aliphatic carbocycles. The van der Waals surface area contributed by atoms with Crippen molar-refractivity contribution in [3.63, 3.8) is 0 Å². The highest BCUT2D eigenvalue weighted by Crippen LogP contribution is 2.42. The van der Waals surface area contributed by atoms with Crippen molar-refractivity contribution in [3.05, 3.63) is 71.8 Å². The molecular formula is C29H38NO3+. The van der Waals surface area contributed by atoms with Crippen LogP contribution in [0.25, 0.3) is 0 Å². The van der Waals surface area contributed by atoms with Crippen molar-refractivity contribution < 1.29 is 19.1 Å². The second-order valence-electron chi connectivity index (χ2n) is 10.7. The van der Waals surface area contributed by atoms with Crippen molar-refractivity contribution in [1.82, 2.24) is 0 Å². The van der Waals surface area contributed by atoms with Gasteiger partial charge in [0.1, 0.15) is 6.54 Å². The number of quaternary nitrogens is 1. The average Bonchev–Trinajstić information content (AvgIpc) is 2.89. The lowest BCUT2D eigenvalue weighted by molar-refractivity contribution is -0.946. The Bertz CT molecular complexity index is 916. The molecule has 3 saturated heterocycles. The van der Waals surface area contributed by atoms with Crippen molar-refractivity contribution >= 4 is 5.97 Å². The first-order valence-electron chi connectivity index (χ1n) is 13.0. The molecule has 6 rings (SSSR count). The second-order valence-corrected chi connectivity index (χ2v) is 10.7. The summed E-state index contributed by atoms with van der Waals surface area (Å²) in [6.45, 7) is 4.34.